The first kappa shape index (κ1) is 11.5. The fourth-order valence-electron chi connectivity index (χ4n) is 1.51. The normalized spacial score (nSPS) is 12.4. The van der Waals surface area contributed by atoms with E-state index in [0.29, 0.717) is 0 Å². The number of rotatable bonds is 3. The largest absolute Gasteiger partial charge is 0.324 e. The van der Waals surface area contributed by atoms with Crippen molar-refractivity contribution in [2.75, 3.05) is 0 Å². The van der Waals surface area contributed by atoms with Crippen LogP contribution in [0, 0.1) is 3.57 Å². The second-order valence-corrected chi connectivity index (χ2v) is 4.70. The van der Waals surface area contributed by atoms with E-state index in [9.17, 15) is 0 Å². The molecule has 0 aliphatic carbocycles. The maximum atomic E-state index is 6.13. The molecule has 0 aliphatic rings. The second kappa shape index (κ2) is 5.36. The molecule has 1 unspecified atom stereocenters. The maximum absolute atomic E-state index is 6.13. The summed E-state index contributed by atoms with van der Waals surface area (Å²) in [7, 11) is 0. The molecule has 4 heteroatoms. The van der Waals surface area contributed by atoms with E-state index in [1.807, 2.05) is 30.3 Å². The van der Waals surface area contributed by atoms with E-state index in [-0.39, 0.29) is 6.04 Å². The first-order valence-electron chi connectivity index (χ1n) is 5.02. The molecule has 0 saturated heterocycles. The van der Waals surface area contributed by atoms with Crippen molar-refractivity contribution in [1.29, 1.82) is 0 Å². The minimum absolute atomic E-state index is 0.00961. The van der Waals surface area contributed by atoms with Crippen molar-refractivity contribution in [3.63, 3.8) is 0 Å². The van der Waals surface area contributed by atoms with E-state index in [4.69, 9.17) is 5.73 Å². The van der Waals surface area contributed by atoms with E-state index in [1.165, 1.54) is 0 Å². The van der Waals surface area contributed by atoms with E-state index < -0.39 is 0 Å². The Morgan fingerprint density at radius 2 is 2.00 bits per heavy atom. The van der Waals surface area contributed by atoms with Gasteiger partial charge in [-0.3, -0.25) is 0 Å². The van der Waals surface area contributed by atoms with Gasteiger partial charge in [-0.25, -0.2) is 9.97 Å². The lowest BCUT2D eigenvalue weighted by Crippen LogP contribution is -2.14. The highest BCUT2D eigenvalue weighted by Crippen LogP contribution is 2.17. The number of hydrogen-bond acceptors (Lipinski definition) is 3. The lowest BCUT2D eigenvalue weighted by molar-refractivity contribution is 0.701. The standard InChI is InChI=1S/C12H12IN3/c13-10-7-15-8-16-12(10)6-11(14)9-4-2-1-3-5-9/h1-5,7-8,11H,6,14H2. The number of nitrogens with zero attached hydrogens (tertiary/aromatic N) is 2. The summed E-state index contributed by atoms with van der Waals surface area (Å²) in [5.74, 6) is 0. The molecule has 0 amide bonds. The Labute approximate surface area is 108 Å². The number of halogens is 1. The quantitative estimate of drug-likeness (QED) is 0.881. The molecule has 2 aromatic rings. The average molecular weight is 325 g/mol. The molecule has 0 saturated carbocycles. The van der Waals surface area contributed by atoms with Crippen molar-refractivity contribution >= 4 is 22.6 Å². The second-order valence-electron chi connectivity index (χ2n) is 3.54. The van der Waals surface area contributed by atoms with Crippen molar-refractivity contribution in [1.82, 2.24) is 9.97 Å². The van der Waals surface area contributed by atoms with Gasteiger partial charge in [0.2, 0.25) is 0 Å². The average Bonchev–Trinajstić information content (AvgIpc) is 2.33. The third-order valence-electron chi connectivity index (χ3n) is 2.38. The van der Waals surface area contributed by atoms with Crippen LogP contribution in [0.25, 0.3) is 0 Å². The monoisotopic (exact) mass is 325 g/mol. The van der Waals surface area contributed by atoms with Crippen LogP contribution in [0.4, 0.5) is 0 Å². The summed E-state index contributed by atoms with van der Waals surface area (Å²) in [5, 5.41) is 0. The number of hydrogen-bond donors (Lipinski definition) is 1. The first-order chi connectivity index (χ1) is 7.77. The Bertz CT molecular complexity index is 459. The van der Waals surface area contributed by atoms with Gasteiger partial charge in [-0.15, -0.1) is 0 Å². The van der Waals surface area contributed by atoms with Gasteiger partial charge in [0.15, 0.2) is 0 Å². The van der Waals surface area contributed by atoms with Gasteiger partial charge >= 0.3 is 0 Å². The molecule has 3 nitrogen and oxygen atoms in total. The lowest BCUT2D eigenvalue weighted by atomic mass is 10.0. The van der Waals surface area contributed by atoms with Crippen LogP contribution in [-0.4, -0.2) is 9.97 Å². The van der Waals surface area contributed by atoms with Crippen LogP contribution in [0.1, 0.15) is 17.3 Å². The predicted octanol–water partition coefficient (Wildman–Crippen LogP) is 2.32. The Kier molecular flexibility index (Phi) is 3.84. The summed E-state index contributed by atoms with van der Waals surface area (Å²) in [6.45, 7) is 0. The van der Waals surface area contributed by atoms with Gasteiger partial charge in [0, 0.05) is 18.7 Å². The summed E-state index contributed by atoms with van der Waals surface area (Å²) < 4.78 is 1.06. The first-order valence-corrected chi connectivity index (χ1v) is 6.10. The zero-order valence-corrected chi connectivity index (χ0v) is 10.8. The molecular weight excluding hydrogens is 313 g/mol. The molecule has 0 spiro atoms. The van der Waals surface area contributed by atoms with Crippen LogP contribution in [0.15, 0.2) is 42.9 Å². The van der Waals surface area contributed by atoms with Crippen LogP contribution >= 0.6 is 22.6 Å². The van der Waals surface area contributed by atoms with Crippen molar-refractivity contribution in [2.45, 2.75) is 12.5 Å². The molecular formula is C12H12IN3. The summed E-state index contributed by atoms with van der Waals surface area (Å²) in [5.41, 5.74) is 8.27. The fraction of sp³-hybridized carbons (Fsp3) is 0.167. The lowest BCUT2D eigenvalue weighted by Gasteiger charge is -2.11. The molecule has 0 bridgehead atoms. The third kappa shape index (κ3) is 2.76. The number of aromatic nitrogens is 2. The SMILES string of the molecule is NC(Cc1ncncc1I)c1ccccc1. The van der Waals surface area contributed by atoms with E-state index in [0.717, 1.165) is 21.2 Å². The zero-order valence-electron chi connectivity index (χ0n) is 8.68. The summed E-state index contributed by atoms with van der Waals surface area (Å²) in [6.07, 6.45) is 4.11. The number of nitrogens with two attached hydrogens (primary N) is 1. The van der Waals surface area contributed by atoms with Crippen LogP contribution in [0.3, 0.4) is 0 Å². The van der Waals surface area contributed by atoms with Gasteiger partial charge < -0.3 is 5.73 Å². The molecule has 0 fully saturated rings. The zero-order chi connectivity index (χ0) is 11.4. The van der Waals surface area contributed by atoms with E-state index >= 15 is 0 Å². The molecule has 0 radical (unpaired) electrons. The van der Waals surface area contributed by atoms with Crippen LogP contribution in [-0.2, 0) is 6.42 Å². The van der Waals surface area contributed by atoms with Crippen molar-refractivity contribution in [3.8, 4) is 0 Å². The van der Waals surface area contributed by atoms with Gasteiger partial charge in [-0.1, -0.05) is 30.3 Å². The van der Waals surface area contributed by atoms with Crippen molar-refractivity contribution in [3.05, 3.63) is 57.7 Å². The van der Waals surface area contributed by atoms with E-state index in [2.05, 4.69) is 32.6 Å². The molecule has 1 aromatic carbocycles. The van der Waals surface area contributed by atoms with Crippen LogP contribution in [0.5, 0.6) is 0 Å². The molecule has 0 aliphatic heterocycles. The van der Waals surface area contributed by atoms with Gasteiger partial charge in [0.1, 0.15) is 6.33 Å². The van der Waals surface area contributed by atoms with Crippen LogP contribution < -0.4 is 5.73 Å². The molecule has 1 aromatic heterocycles. The van der Waals surface area contributed by atoms with Gasteiger partial charge in [-0.2, -0.15) is 0 Å². The Morgan fingerprint density at radius 1 is 1.25 bits per heavy atom. The highest BCUT2D eigenvalue weighted by atomic mass is 127. The van der Waals surface area contributed by atoms with Crippen molar-refractivity contribution < 1.29 is 0 Å². The molecule has 1 atom stereocenters. The topological polar surface area (TPSA) is 51.8 Å². The molecule has 1 heterocycles. The minimum atomic E-state index is -0.00961. The van der Waals surface area contributed by atoms with E-state index in [1.54, 1.807) is 12.5 Å². The summed E-state index contributed by atoms with van der Waals surface area (Å²) in [4.78, 5) is 8.21. The van der Waals surface area contributed by atoms with Gasteiger partial charge in [0.05, 0.1) is 9.26 Å². The summed E-state index contributed by atoms with van der Waals surface area (Å²) >= 11 is 2.23. The Balaban J connectivity index is 2.14. The molecule has 16 heavy (non-hydrogen) atoms. The highest BCUT2D eigenvalue weighted by Gasteiger charge is 2.09. The highest BCUT2D eigenvalue weighted by molar-refractivity contribution is 14.1. The Hall–Kier alpha value is -1.01. The third-order valence-corrected chi connectivity index (χ3v) is 3.29. The van der Waals surface area contributed by atoms with Crippen LogP contribution in [0.2, 0.25) is 0 Å². The molecule has 2 rings (SSSR count). The fourth-order valence-corrected chi connectivity index (χ4v) is 2.03. The predicted molar refractivity (Wildman–Crippen MR) is 71.8 cm³/mol. The maximum Gasteiger partial charge on any atom is 0.115 e. The Morgan fingerprint density at radius 3 is 2.69 bits per heavy atom. The number of benzene rings is 1. The van der Waals surface area contributed by atoms with Crippen molar-refractivity contribution in [2.24, 2.45) is 5.73 Å². The molecule has 2 N–H and O–H groups in total. The van der Waals surface area contributed by atoms with Gasteiger partial charge in [-0.05, 0) is 28.2 Å². The summed E-state index contributed by atoms with van der Waals surface area (Å²) in [6, 6.07) is 10.1. The minimum Gasteiger partial charge on any atom is -0.324 e. The smallest absolute Gasteiger partial charge is 0.115 e. The van der Waals surface area contributed by atoms with Gasteiger partial charge in [0.25, 0.3) is 0 Å². The molecule has 82 valence electrons.